The van der Waals surface area contributed by atoms with Gasteiger partial charge in [-0.15, -0.1) is 0 Å². The lowest BCUT2D eigenvalue weighted by Crippen LogP contribution is -2.16. The lowest BCUT2D eigenvalue weighted by atomic mass is 10.00. The number of halogens is 1. The molecule has 0 saturated heterocycles. The van der Waals surface area contributed by atoms with Gasteiger partial charge in [-0.05, 0) is 68.1 Å². The van der Waals surface area contributed by atoms with Crippen molar-refractivity contribution in [2.24, 2.45) is 0 Å². The maximum absolute atomic E-state index is 12.5. The molecular weight excluding hydrogens is 308 g/mol. The molecule has 0 unspecified atom stereocenters. The standard InChI is InChI=1S/C15H17ClN2O2S/c1-9-7-14(12(4)11(3)10(9)2)21(19,20)18-15-6-5-13(16)8-17-15/h5-8H,1-4H3,(H,17,18). The van der Waals surface area contributed by atoms with Crippen molar-refractivity contribution >= 4 is 27.4 Å². The first-order chi connectivity index (χ1) is 9.72. The van der Waals surface area contributed by atoms with Crippen LogP contribution < -0.4 is 4.72 Å². The lowest BCUT2D eigenvalue weighted by Gasteiger charge is -2.15. The van der Waals surface area contributed by atoms with Crippen LogP contribution in [0.4, 0.5) is 5.82 Å². The van der Waals surface area contributed by atoms with Gasteiger partial charge in [0.05, 0.1) is 9.92 Å². The Kier molecular flexibility index (Phi) is 4.25. The summed E-state index contributed by atoms with van der Waals surface area (Å²) in [6.45, 7) is 7.63. The molecule has 0 bridgehead atoms. The number of aromatic nitrogens is 1. The van der Waals surface area contributed by atoms with Crippen molar-refractivity contribution in [3.63, 3.8) is 0 Å². The van der Waals surface area contributed by atoms with Crippen LogP contribution in [0.25, 0.3) is 0 Å². The van der Waals surface area contributed by atoms with E-state index in [0.29, 0.717) is 5.02 Å². The monoisotopic (exact) mass is 324 g/mol. The van der Waals surface area contributed by atoms with Crippen LogP contribution in [0.3, 0.4) is 0 Å². The Morgan fingerprint density at radius 1 is 1.05 bits per heavy atom. The molecule has 0 atom stereocenters. The van der Waals surface area contributed by atoms with Gasteiger partial charge >= 0.3 is 0 Å². The molecule has 2 rings (SSSR count). The second-order valence-corrected chi connectivity index (χ2v) is 7.12. The van der Waals surface area contributed by atoms with Gasteiger partial charge in [0.2, 0.25) is 0 Å². The average molecular weight is 325 g/mol. The molecule has 0 aliphatic rings. The number of nitrogens with one attached hydrogen (secondary N) is 1. The van der Waals surface area contributed by atoms with Crippen molar-refractivity contribution in [1.29, 1.82) is 0 Å². The second kappa shape index (κ2) is 5.66. The van der Waals surface area contributed by atoms with Gasteiger partial charge in [-0.2, -0.15) is 0 Å². The second-order valence-electron chi connectivity index (χ2n) is 5.03. The highest BCUT2D eigenvalue weighted by molar-refractivity contribution is 7.92. The van der Waals surface area contributed by atoms with Gasteiger partial charge in [0.1, 0.15) is 5.82 Å². The SMILES string of the molecule is Cc1cc(S(=O)(=O)Nc2ccc(Cl)cn2)c(C)c(C)c1C. The van der Waals surface area contributed by atoms with Gasteiger partial charge in [0, 0.05) is 6.20 Å². The van der Waals surface area contributed by atoms with Crippen molar-refractivity contribution < 1.29 is 8.42 Å². The van der Waals surface area contributed by atoms with Gasteiger partial charge < -0.3 is 0 Å². The highest BCUT2D eigenvalue weighted by atomic mass is 35.5. The summed E-state index contributed by atoms with van der Waals surface area (Å²) in [4.78, 5) is 4.24. The topological polar surface area (TPSA) is 59.1 Å². The smallest absolute Gasteiger partial charge is 0.263 e. The first-order valence-corrected chi connectivity index (χ1v) is 8.30. The van der Waals surface area contributed by atoms with E-state index in [9.17, 15) is 8.42 Å². The van der Waals surface area contributed by atoms with Crippen LogP contribution in [0.15, 0.2) is 29.3 Å². The van der Waals surface area contributed by atoms with E-state index in [4.69, 9.17) is 11.6 Å². The predicted molar refractivity (Wildman–Crippen MR) is 85.4 cm³/mol. The minimum absolute atomic E-state index is 0.245. The molecule has 1 N–H and O–H groups in total. The van der Waals surface area contributed by atoms with E-state index in [1.807, 2.05) is 27.7 Å². The Hall–Kier alpha value is -1.59. The van der Waals surface area contributed by atoms with Crippen molar-refractivity contribution in [2.45, 2.75) is 32.6 Å². The Morgan fingerprint density at radius 2 is 1.71 bits per heavy atom. The molecule has 2 aromatic rings. The number of hydrogen-bond donors (Lipinski definition) is 1. The third-order valence-electron chi connectivity index (χ3n) is 3.69. The Bertz CT molecular complexity index is 784. The maximum Gasteiger partial charge on any atom is 0.263 e. The summed E-state index contributed by atoms with van der Waals surface area (Å²) >= 11 is 5.74. The number of aryl methyl sites for hydroxylation is 1. The van der Waals surface area contributed by atoms with Crippen LogP contribution in [-0.2, 0) is 10.0 Å². The van der Waals surface area contributed by atoms with Crippen LogP contribution in [0, 0.1) is 27.7 Å². The molecule has 0 fully saturated rings. The molecule has 1 heterocycles. The Balaban J connectivity index is 2.47. The van der Waals surface area contributed by atoms with Crippen molar-refractivity contribution in [3.8, 4) is 0 Å². The van der Waals surface area contributed by atoms with Crippen molar-refractivity contribution in [2.75, 3.05) is 4.72 Å². The summed E-state index contributed by atoms with van der Waals surface area (Å²) in [5, 5.41) is 0.455. The summed E-state index contributed by atoms with van der Waals surface area (Å²) in [5.74, 6) is 0.245. The fourth-order valence-electron chi connectivity index (χ4n) is 2.08. The van der Waals surface area contributed by atoms with Gasteiger partial charge in [0.15, 0.2) is 0 Å². The zero-order chi connectivity index (χ0) is 15.8. The molecule has 1 aromatic heterocycles. The summed E-state index contributed by atoms with van der Waals surface area (Å²) in [6, 6.07) is 4.81. The van der Waals surface area contributed by atoms with E-state index in [1.54, 1.807) is 12.1 Å². The van der Waals surface area contributed by atoms with Crippen LogP contribution in [0.2, 0.25) is 5.02 Å². The molecular formula is C15H17ClN2O2S. The quantitative estimate of drug-likeness (QED) is 0.935. The summed E-state index contributed by atoms with van der Waals surface area (Å²) in [5.41, 5.74) is 3.79. The summed E-state index contributed by atoms with van der Waals surface area (Å²) in [7, 11) is -3.67. The molecule has 0 radical (unpaired) electrons. The van der Waals surface area contributed by atoms with Gasteiger partial charge in [-0.25, -0.2) is 13.4 Å². The van der Waals surface area contributed by atoms with E-state index in [1.165, 1.54) is 12.3 Å². The van der Waals surface area contributed by atoms with Crippen molar-refractivity contribution in [1.82, 2.24) is 4.98 Å². The number of nitrogens with zero attached hydrogens (tertiary/aromatic N) is 1. The molecule has 6 heteroatoms. The minimum Gasteiger partial charge on any atom is -0.263 e. The lowest BCUT2D eigenvalue weighted by molar-refractivity contribution is 0.600. The molecule has 0 saturated carbocycles. The molecule has 112 valence electrons. The van der Waals surface area contributed by atoms with Crippen LogP contribution in [0.1, 0.15) is 22.3 Å². The van der Waals surface area contributed by atoms with Gasteiger partial charge in [-0.1, -0.05) is 11.6 Å². The maximum atomic E-state index is 12.5. The highest BCUT2D eigenvalue weighted by Gasteiger charge is 2.20. The number of pyridine rings is 1. The fourth-order valence-corrected chi connectivity index (χ4v) is 3.59. The van der Waals surface area contributed by atoms with Gasteiger partial charge in [-0.3, -0.25) is 4.72 Å². The number of rotatable bonds is 3. The van der Waals surface area contributed by atoms with Crippen molar-refractivity contribution in [3.05, 3.63) is 51.7 Å². The molecule has 0 amide bonds. The number of anilines is 1. The Morgan fingerprint density at radius 3 is 2.29 bits per heavy atom. The van der Waals surface area contributed by atoms with Gasteiger partial charge in [0.25, 0.3) is 10.0 Å². The molecule has 0 spiro atoms. The average Bonchev–Trinajstić information content (AvgIpc) is 2.42. The van der Waals surface area contributed by atoms with Crippen LogP contribution >= 0.6 is 11.6 Å². The van der Waals surface area contributed by atoms with E-state index < -0.39 is 10.0 Å². The first-order valence-electron chi connectivity index (χ1n) is 6.44. The third kappa shape index (κ3) is 3.19. The van der Waals surface area contributed by atoms with Crippen LogP contribution in [0.5, 0.6) is 0 Å². The number of hydrogen-bond acceptors (Lipinski definition) is 3. The van der Waals surface area contributed by atoms with E-state index >= 15 is 0 Å². The molecule has 0 aliphatic carbocycles. The summed E-state index contributed by atoms with van der Waals surface area (Å²) in [6.07, 6.45) is 1.40. The zero-order valence-electron chi connectivity index (χ0n) is 12.4. The predicted octanol–water partition coefficient (Wildman–Crippen LogP) is 3.77. The van der Waals surface area contributed by atoms with Crippen LogP contribution in [-0.4, -0.2) is 13.4 Å². The summed E-state index contributed by atoms with van der Waals surface area (Å²) < 4.78 is 27.6. The third-order valence-corrected chi connectivity index (χ3v) is 5.39. The number of sulfonamides is 1. The molecule has 4 nitrogen and oxygen atoms in total. The molecule has 21 heavy (non-hydrogen) atoms. The first kappa shape index (κ1) is 15.8. The number of benzene rings is 1. The van der Waals surface area contributed by atoms with E-state index in [-0.39, 0.29) is 10.7 Å². The highest BCUT2D eigenvalue weighted by Crippen LogP contribution is 2.26. The normalized spacial score (nSPS) is 11.5. The largest absolute Gasteiger partial charge is 0.263 e. The van der Waals surface area contributed by atoms with E-state index in [0.717, 1.165) is 22.3 Å². The minimum atomic E-state index is -3.67. The molecule has 1 aromatic carbocycles. The fraction of sp³-hybridized carbons (Fsp3) is 0.267. The van der Waals surface area contributed by atoms with E-state index in [2.05, 4.69) is 9.71 Å². The Labute approximate surface area is 130 Å². The molecule has 0 aliphatic heterocycles. The zero-order valence-corrected chi connectivity index (χ0v) is 13.9.